The summed E-state index contributed by atoms with van der Waals surface area (Å²) in [5.41, 5.74) is 1.42. The number of anilines is 1. The summed E-state index contributed by atoms with van der Waals surface area (Å²) in [7, 11) is -3.39. The highest BCUT2D eigenvalue weighted by atomic mass is 35.5. The number of sulfonamides is 1. The van der Waals surface area contributed by atoms with E-state index in [2.05, 4.69) is 15.4 Å². The minimum atomic E-state index is -3.39. The van der Waals surface area contributed by atoms with Gasteiger partial charge in [0, 0.05) is 12.2 Å². The number of carbonyl (C=O) groups is 2. The second kappa shape index (κ2) is 9.76. The van der Waals surface area contributed by atoms with Crippen molar-refractivity contribution in [2.45, 2.75) is 26.4 Å². The normalized spacial score (nSPS) is 12.3. The maximum Gasteiger partial charge on any atom is 0.253 e. The van der Waals surface area contributed by atoms with E-state index in [0.717, 1.165) is 6.26 Å². The van der Waals surface area contributed by atoms with Gasteiger partial charge in [-0.25, -0.2) is 8.42 Å². The third-order valence-corrected chi connectivity index (χ3v) is 4.99. The van der Waals surface area contributed by atoms with E-state index >= 15 is 0 Å². The van der Waals surface area contributed by atoms with Crippen LogP contribution in [0.4, 0.5) is 5.69 Å². The monoisotopic (exact) mass is 437 g/mol. The van der Waals surface area contributed by atoms with Crippen LogP contribution in [0.15, 0.2) is 48.5 Å². The molecule has 1 atom stereocenters. The van der Waals surface area contributed by atoms with Crippen molar-refractivity contribution < 1.29 is 18.0 Å². The van der Waals surface area contributed by atoms with E-state index in [1.54, 1.807) is 48.5 Å². The predicted octanol–water partition coefficient (Wildman–Crippen LogP) is 2.78. The molecule has 0 fully saturated rings. The van der Waals surface area contributed by atoms with Gasteiger partial charge in [-0.2, -0.15) is 0 Å². The molecule has 156 valence electrons. The molecule has 2 rings (SSSR count). The van der Waals surface area contributed by atoms with Crippen LogP contribution in [0, 0.1) is 5.92 Å². The Morgan fingerprint density at radius 2 is 1.76 bits per heavy atom. The van der Waals surface area contributed by atoms with Crippen LogP contribution in [0.25, 0.3) is 0 Å². The maximum absolute atomic E-state index is 12.7. The number of nitrogens with one attached hydrogen (secondary N) is 3. The lowest BCUT2D eigenvalue weighted by Crippen LogP contribution is -2.49. The molecule has 0 saturated carbocycles. The van der Waals surface area contributed by atoms with E-state index in [0.29, 0.717) is 21.8 Å². The van der Waals surface area contributed by atoms with Gasteiger partial charge in [0.05, 0.1) is 16.8 Å². The molecule has 0 aromatic heterocycles. The molecule has 29 heavy (non-hydrogen) atoms. The molecule has 7 nitrogen and oxygen atoms in total. The predicted molar refractivity (Wildman–Crippen MR) is 114 cm³/mol. The van der Waals surface area contributed by atoms with Crippen LogP contribution < -0.4 is 15.4 Å². The molecule has 3 N–H and O–H groups in total. The molecule has 0 aliphatic carbocycles. The SMILES string of the molecule is CC(C)[C@H](NC(=O)c1ccccc1Cl)C(=O)NCc1cccc(NS(C)(=O)=O)c1. The third kappa shape index (κ3) is 7.07. The summed E-state index contributed by atoms with van der Waals surface area (Å²) in [4.78, 5) is 25.1. The lowest BCUT2D eigenvalue weighted by atomic mass is 10.0. The third-order valence-electron chi connectivity index (χ3n) is 4.05. The van der Waals surface area contributed by atoms with Crippen molar-refractivity contribution in [3.63, 3.8) is 0 Å². The van der Waals surface area contributed by atoms with E-state index in [-0.39, 0.29) is 18.4 Å². The molecule has 0 saturated heterocycles. The summed E-state index contributed by atoms with van der Waals surface area (Å²) >= 11 is 6.05. The highest BCUT2D eigenvalue weighted by molar-refractivity contribution is 7.92. The lowest BCUT2D eigenvalue weighted by Gasteiger charge is -2.22. The van der Waals surface area contributed by atoms with E-state index in [9.17, 15) is 18.0 Å². The first-order valence-electron chi connectivity index (χ1n) is 8.96. The number of amides is 2. The Morgan fingerprint density at radius 3 is 2.38 bits per heavy atom. The van der Waals surface area contributed by atoms with Gasteiger partial charge in [-0.05, 0) is 35.7 Å². The second-order valence-corrected chi connectivity index (χ2v) is 9.12. The second-order valence-electron chi connectivity index (χ2n) is 6.97. The van der Waals surface area contributed by atoms with E-state index in [4.69, 9.17) is 11.6 Å². The van der Waals surface area contributed by atoms with Crippen LogP contribution in [0.3, 0.4) is 0 Å². The first kappa shape index (κ1) is 22.7. The summed E-state index contributed by atoms with van der Waals surface area (Å²) in [5.74, 6) is -0.926. The average molecular weight is 438 g/mol. The van der Waals surface area contributed by atoms with Crippen molar-refractivity contribution in [2.75, 3.05) is 11.0 Å². The smallest absolute Gasteiger partial charge is 0.253 e. The van der Waals surface area contributed by atoms with Crippen LogP contribution in [-0.2, 0) is 21.4 Å². The molecular formula is C20H24ClN3O4S. The van der Waals surface area contributed by atoms with Crippen LogP contribution in [0.1, 0.15) is 29.8 Å². The molecule has 0 radical (unpaired) electrons. The number of carbonyl (C=O) groups excluding carboxylic acids is 2. The molecule has 2 aromatic carbocycles. The van der Waals surface area contributed by atoms with Crippen LogP contribution >= 0.6 is 11.6 Å². The molecule has 2 amide bonds. The molecule has 2 aromatic rings. The quantitative estimate of drug-likeness (QED) is 0.590. The maximum atomic E-state index is 12.7. The molecule has 9 heteroatoms. The van der Waals surface area contributed by atoms with Crippen molar-refractivity contribution in [3.05, 3.63) is 64.7 Å². The van der Waals surface area contributed by atoms with E-state index in [1.807, 2.05) is 13.8 Å². The minimum absolute atomic E-state index is 0.153. The zero-order valence-corrected chi connectivity index (χ0v) is 18.0. The van der Waals surface area contributed by atoms with Gasteiger partial charge in [-0.1, -0.05) is 49.7 Å². The molecule has 0 unspecified atom stereocenters. The number of benzene rings is 2. The van der Waals surface area contributed by atoms with E-state index in [1.165, 1.54) is 0 Å². The fourth-order valence-corrected chi connectivity index (χ4v) is 3.43. The minimum Gasteiger partial charge on any atom is -0.350 e. The zero-order valence-electron chi connectivity index (χ0n) is 16.4. The summed E-state index contributed by atoms with van der Waals surface area (Å²) in [5, 5.41) is 5.81. The standard InChI is InChI=1S/C20H24ClN3O4S/c1-13(2)18(23-19(25)16-9-4-5-10-17(16)21)20(26)22-12-14-7-6-8-15(11-14)24-29(3,27)28/h4-11,13,18,24H,12H2,1-3H3,(H,22,26)(H,23,25)/t18-/m0/s1. The van der Waals surface area contributed by atoms with Gasteiger partial charge in [-0.15, -0.1) is 0 Å². The zero-order chi connectivity index (χ0) is 21.6. The van der Waals surface area contributed by atoms with Crippen LogP contribution in [-0.4, -0.2) is 32.5 Å². The van der Waals surface area contributed by atoms with Gasteiger partial charge in [0.15, 0.2) is 0 Å². The Bertz CT molecular complexity index is 993. The molecule has 0 aliphatic heterocycles. The van der Waals surface area contributed by atoms with Gasteiger partial charge in [-0.3, -0.25) is 14.3 Å². The first-order chi connectivity index (χ1) is 13.6. The Labute approximate surface area is 175 Å². The highest BCUT2D eigenvalue weighted by Gasteiger charge is 2.25. The first-order valence-corrected chi connectivity index (χ1v) is 11.2. The topological polar surface area (TPSA) is 104 Å². The van der Waals surface area contributed by atoms with Crippen molar-refractivity contribution in [1.82, 2.24) is 10.6 Å². The molecule has 0 spiro atoms. The largest absolute Gasteiger partial charge is 0.350 e. The number of hydrogen-bond acceptors (Lipinski definition) is 4. The Morgan fingerprint density at radius 1 is 1.07 bits per heavy atom. The Hall–Kier alpha value is -2.58. The van der Waals surface area contributed by atoms with E-state index < -0.39 is 22.0 Å². The number of halogens is 1. The summed E-state index contributed by atoms with van der Waals surface area (Å²) in [6.45, 7) is 3.84. The fraction of sp³-hybridized carbons (Fsp3) is 0.300. The Balaban J connectivity index is 2.04. The highest BCUT2D eigenvalue weighted by Crippen LogP contribution is 2.16. The lowest BCUT2D eigenvalue weighted by molar-refractivity contribution is -0.124. The molecule has 0 heterocycles. The van der Waals surface area contributed by atoms with Crippen LogP contribution in [0.5, 0.6) is 0 Å². The summed E-state index contributed by atoms with van der Waals surface area (Å²) in [6.07, 6.45) is 1.07. The van der Waals surface area contributed by atoms with Gasteiger partial charge in [0.2, 0.25) is 15.9 Å². The van der Waals surface area contributed by atoms with Gasteiger partial charge < -0.3 is 10.6 Å². The fourth-order valence-electron chi connectivity index (χ4n) is 2.66. The summed E-state index contributed by atoms with van der Waals surface area (Å²) in [6, 6.07) is 12.6. The summed E-state index contributed by atoms with van der Waals surface area (Å²) < 4.78 is 25.1. The average Bonchev–Trinajstić information content (AvgIpc) is 2.63. The van der Waals surface area contributed by atoms with Crippen molar-refractivity contribution in [1.29, 1.82) is 0 Å². The van der Waals surface area contributed by atoms with Crippen molar-refractivity contribution in [2.24, 2.45) is 5.92 Å². The number of hydrogen-bond donors (Lipinski definition) is 3. The van der Waals surface area contributed by atoms with Gasteiger partial charge >= 0.3 is 0 Å². The van der Waals surface area contributed by atoms with Crippen molar-refractivity contribution >= 4 is 39.1 Å². The molecular weight excluding hydrogens is 414 g/mol. The van der Waals surface area contributed by atoms with Gasteiger partial charge in [0.1, 0.15) is 6.04 Å². The van der Waals surface area contributed by atoms with Gasteiger partial charge in [0.25, 0.3) is 5.91 Å². The Kier molecular flexibility index (Phi) is 7.64. The molecule has 0 aliphatic rings. The van der Waals surface area contributed by atoms with Crippen molar-refractivity contribution in [3.8, 4) is 0 Å². The number of rotatable bonds is 8. The molecule has 0 bridgehead atoms. The van der Waals surface area contributed by atoms with Crippen LogP contribution in [0.2, 0.25) is 5.02 Å².